The van der Waals surface area contributed by atoms with E-state index >= 15 is 0 Å². The van der Waals surface area contributed by atoms with Gasteiger partial charge in [-0.25, -0.2) is 0 Å². The van der Waals surface area contributed by atoms with E-state index in [1.807, 2.05) is 24.3 Å². The molecular formula is C44H62O4Si. The van der Waals surface area contributed by atoms with E-state index in [-0.39, 0.29) is 21.7 Å². The van der Waals surface area contributed by atoms with Crippen LogP contribution < -0.4 is 10.4 Å². The smallest absolute Gasteiger partial charge is 0.123 e. The van der Waals surface area contributed by atoms with Crippen LogP contribution in [0.2, 0.25) is 13.1 Å². The van der Waals surface area contributed by atoms with Crippen LogP contribution in [0.4, 0.5) is 0 Å². The zero-order valence-corrected chi connectivity index (χ0v) is 33.6. The van der Waals surface area contributed by atoms with Crippen LogP contribution in [-0.2, 0) is 34.5 Å². The minimum absolute atomic E-state index is 0.128. The van der Waals surface area contributed by atoms with Crippen molar-refractivity contribution in [3.63, 3.8) is 0 Å². The summed E-state index contributed by atoms with van der Waals surface area (Å²) in [5.74, 6) is 1.46. The molecule has 0 atom stereocenters. The molecule has 4 N–H and O–H groups in total. The fourth-order valence-corrected chi connectivity index (χ4v) is 8.51. The number of phenolic OH excluding ortho intramolecular Hbond substituents is 4. The molecule has 0 radical (unpaired) electrons. The molecule has 266 valence electrons. The number of aromatic hydroxyl groups is 4. The van der Waals surface area contributed by atoms with Crippen molar-refractivity contribution in [1.29, 1.82) is 0 Å². The highest BCUT2D eigenvalue weighted by Gasteiger charge is 2.29. The summed E-state index contributed by atoms with van der Waals surface area (Å²) < 4.78 is 0. The summed E-state index contributed by atoms with van der Waals surface area (Å²) in [5, 5.41) is 43.2. The second kappa shape index (κ2) is 14.3. The third kappa shape index (κ3) is 9.94. The number of rotatable bonds is 5. The predicted molar refractivity (Wildman–Crippen MR) is 211 cm³/mol. The van der Waals surface area contributed by atoms with Crippen molar-refractivity contribution in [3.05, 3.63) is 106 Å². The summed E-state index contributed by atoms with van der Waals surface area (Å²) in [7, 11) is -1.72. The molecule has 0 aliphatic rings. The molecule has 0 aliphatic heterocycles. The zero-order valence-electron chi connectivity index (χ0n) is 32.6. The van der Waals surface area contributed by atoms with Gasteiger partial charge in [-0.1, -0.05) is 155 Å². The second-order valence-corrected chi connectivity index (χ2v) is 22.7. The Morgan fingerprint density at radius 1 is 0.408 bits per heavy atom. The first-order valence-corrected chi connectivity index (χ1v) is 20.6. The van der Waals surface area contributed by atoms with Gasteiger partial charge in [0.25, 0.3) is 0 Å². The molecule has 0 unspecified atom stereocenters. The number of hydrogen-bond donors (Lipinski definition) is 4. The Balaban J connectivity index is 0.000000319. The molecule has 0 saturated heterocycles. The molecule has 0 amide bonds. The maximum absolute atomic E-state index is 11.0. The molecule has 0 spiro atoms. The average molecular weight is 683 g/mol. The minimum Gasteiger partial charge on any atom is -0.508 e. The molecule has 0 aromatic heterocycles. The average Bonchev–Trinajstić information content (AvgIpc) is 2.95. The van der Waals surface area contributed by atoms with E-state index in [0.29, 0.717) is 23.0 Å². The van der Waals surface area contributed by atoms with Gasteiger partial charge in [-0.2, -0.15) is 0 Å². The monoisotopic (exact) mass is 682 g/mol. The first-order valence-electron chi connectivity index (χ1n) is 17.6. The van der Waals surface area contributed by atoms with Crippen molar-refractivity contribution < 1.29 is 20.4 Å². The number of aryl methyl sites for hydroxylation is 2. The number of phenols is 4. The third-order valence-corrected chi connectivity index (χ3v) is 13.0. The molecule has 0 fully saturated rings. The van der Waals surface area contributed by atoms with Crippen LogP contribution in [0.25, 0.3) is 0 Å². The van der Waals surface area contributed by atoms with Gasteiger partial charge in [0, 0.05) is 0 Å². The standard InChI is InChI=1S/C30H46O2.C14H16O2Si/c1-27(2,3)21-15-19(16-22(25(21)31)28(4,5)6)13-14-20-17-23(29(7,8)9)26(32)24(18-20)30(10,11)12;1-17(2,13-7-3-11(15)4-8-13)14-9-5-12(16)6-10-14/h15-18,31-32H,13-14H2,1-12H3;3-10,15-16H,1-2H3. The van der Waals surface area contributed by atoms with Crippen LogP contribution in [0.1, 0.15) is 116 Å². The second-order valence-electron chi connectivity index (χ2n) is 18.3. The normalized spacial score (nSPS) is 12.8. The topological polar surface area (TPSA) is 80.9 Å². The van der Waals surface area contributed by atoms with Crippen LogP contribution in [-0.4, -0.2) is 28.5 Å². The quantitative estimate of drug-likeness (QED) is 0.158. The molecule has 0 bridgehead atoms. The Labute approximate surface area is 297 Å². The molecule has 49 heavy (non-hydrogen) atoms. The lowest BCUT2D eigenvalue weighted by molar-refractivity contribution is 0.421. The summed E-state index contributed by atoms with van der Waals surface area (Å²) in [6.07, 6.45) is 1.79. The van der Waals surface area contributed by atoms with E-state index in [0.717, 1.165) is 35.1 Å². The van der Waals surface area contributed by atoms with Crippen LogP contribution in [0.3, 0.4) is 0 Å². The van der Waals surface area contributed by atoms with Gasteiger partial charge in [-0.3, -0.25) is 0 Å². The maximum Gasteiger partial charge on any atom is 0.123 e. The summed E-state index contributed by atoms with van der Waals surface area (Å²) >= 11 is 0. The van der Waals surface area contributed by atoms with Crippen LogP contribution in [0.15, 0.2) is 72.8 Å². The van der Waals surface area contributed by atoms with Crippen molar-refractivity contribution in [2.75, 3.05) is 0 Å². The van der Waals surface area contributed by atoms with Crippen molar-refractivity contribution >= 4 is 18.4 Å². The molecule has 0 aliphatic carbocycles. The highest BCUT2D eigenvalue weighted by atomic mass is 28.3. The maximum atomic E-state index is 11.0. The van der Waals surface area contributed by atoms with Gasteiger partial charge >= 0.3 is 0 Å². The molecule has 4 rings (SSSR count). The minimum atomic E-state index is -1.72. The molecular weight excluding hydrogens is 621 g/mol. The Hall–Kier alpha value is -3.70. The fourth-order valence-electron chi connectivity index (χ4n) is 6.18. The summed E-state index contributed by atoms with van der Waals surface area (Å²) in [5.41, 5.74) is 6.03. The van der Waals surface area contributed by atoms with Crippen LogP contribution in [0.5, 0.6) is 23.0 Å². The molecule has 4 aromatic carbocycles. The lowest BCUT2D eigenvalue weighted by Crippen LogP contribution is -2.52. The Kier molecular flexibility index (Phi) is 11.6. The molecule has 0 saturated carbocycles. The summed E-state index contributed by atoms with van der Waals surface area (Å²) in [6, 6.07) is 23.6. The predicted octanol–water partition coefficient (Wildman–Crippen LogP) is 9.99. The van der Waals surface area contributed by atoms with Gasteiger partial charge in [0.1, 0.15) is 31.1 Å². The largest absolute Gasteiger partial charge is 0.508 e. The SMILES string of the molecule is CC(C)(C)c1cc(CCc2cc(C(C)(C)C)c(O)c(C(C)(C)C)c2)cc(C(C)(C)C)c1O.C[Si](C)(c1ccc(O)cc1)c1ccc(O)cc1. The van der Waals surface area contributed by atoms with Gasteiger partial charge in [0.05, 0.1) is 0 Å². The zero-order chi connectivity index (χ0) is 37.3. The van der Waals surface area contributed by atoms with Crippen molar-refractivity contribution in [2.45, 2.75) is 131 Å². The Bertz CT molecular complexity index is 1520. The van der Waals surface area contributed by atoms with E-state index in [9.17, 15) is 20.4 Å². The van der Waals surface area contributed by atoms with Gasteiger partial charge in [0.2, 0.25) is 0 Å². The van der Waals surface area contributed by atoms with Crippen molar-refractivity contribution in [1.82, 2.24) is 0 Å². The Morgan fingerprint density at radius 3 is 0.837 bits per heavy atom. The van der Waals surface area contributed by atoms with E-state index < -0.39 is 8.07 Å². The van der Waals surface area contributed by atoms with Gasteiger partial charge < -0.3 is 20.4 Å². The van der Waals surface area contributed by atoms with Crippen LogP contribution in [0, 0.1) is 0 Å². The van der Waals surface area contributed by atoms with Crippen molar-refractivity contribution in [2.24, 2.45) is 0 Å². The van der Waals surface area contributed by atoms with E-state index in [1.165, 1.54) is 21.5 Å². The van der Waals surface area contributed by atoms with Crippen molar-refractivity contribution in [3.8, 4) is 23.0 Å². The molecule has 0 heterocycles. The number of hydrogen-bond acceptors (Lipinski definition) is 4. The van der Waals surface area contributed by atoms with E-state index in [4.69, 9.17) is 0 Å². The molecule has 5 heteroatoms. The lowest BCUT2D eigenvalue weighted by atomic mass is 9.77. The fraction of sp³-hybridized carbons (Fsp3) is 0.455. The first-order chi connectivity index (χ1) is 22.2. The third-order valence-electron chi connectivity index (χ3n) is 9.45. The molecule has 4 aromatic rings. The summed E-state index contributed by atoms with van der Waals surface area (Å²) in [4.78, 5) is 0. The van der Waals surface area contributed by atoms with Gasteiger partial charge in [0.15, 0.2) is 0 Å². The van der Waals surface area contributed by atoms with E-state index in [2.05, 4.69) is 120 Å². The molecule has 4 nitrogen and oxygen atoms in total. The Morgan fingerprint density at radius 2 is 0.633 bits per heavy atom. The van der Waals surface area contributed by atoms with Gasteiger partial charge in [-0.15, -0.1) is 0 Å². The van der Waals surface area contributed by atoms with E-state index in [1.54, 1.807) is 24.3 Å². The lowest BCUT2D eigenvalue weighted by Gasteiger charge is -2.29. The number of benzene rings is 4. The first kappa shape index (κ1) is 39.7. The highest BCUT2D eigenvalue weighted by Crippen LogP contribution is 2.42. The van der Waals surface area contributed by atoms with Gasteiger partial charge in [-0.05, 0) is 92.1 Å². The summed E-state index contributed by atoms with van der Waals surface area (Å²) in [6.45, 7) is 30.4. The highest BCUT2D eigenvalue weighted by molar-refractivity contribution is 7.00. The van der Waals surface area contributed by atoms with Crippen LogP contribution >= 0.6 is 0 Å².